The number of hydrogen-bond donors (Lipinski definition) is 0. The summed E-state index contributed by atoms with van der Waals surface area (Å²) in [5, 5.41) is 5.03. The molecule has 3 rings (SSSR count). The lowest BCUT2D eigenvalue weighted by Crippen LogP contribution is -2.22. The summed E-state index contributed by atoms with van der Waals surface area (Å²) in [5.74, 6) is 0. The molecule has 0 bridgehead atoms. The molecule has 1 aliphatic rings. The first-order chi connectivity index (χ1) is 7.83. The van der Waals surface area contributed by atoms with Crippen LogP contribution in [0.3, 0.4) is 0 Å². The van der Waals surface area contributed by atoms with Crippen LogP contribution in [0.15, 0.2) is 52.4 Å². The molecular formula is C13H8ClNS. The minimum Gasteiger partial charge on any atom is -0.247 e. The highest BCUT2D eigenvalue weighted by Gasteiger charge is 2.04. The number of fused-ring (bicyclic) bond motifs is 2. The van der Waals surface area contributed by atoms with Crippen LogP contribution in [0.5, 0.6) is 0 Å². The Kier molecular flexibility index (Phi) is 2.46. The molecule has 0 fully saturated rings. The van der Waals surface area contributed by atoms with Crippen molar-refractivity contribution in [2.24, 2.45) is 4.99 Å². The maximum Gasteiger partial charge on any atom is 0.0777 e. The van der Waals surface area contributed by atoms with Gasteiger partial charge in [0.1, 0.15) is 0 Å². The summed E-state index contributed by atoms with van der Waals surface area (Å²) < 4.78 is 0. The van der Waals surface area contributed by atoms with Crippen molar-refractivity contribution in [2.45, 2.75) is 4.90 Å². The van der Waals surface area contributed by atoms with Crippen molar-refractivity contribution in [3.05, 3.63) is 58.1 Å². The number of halogens is 1. The fraction of sp³-hybridized carbons (Fsp3) is 0. The molecule has 0 amide bonds. The zero-order valence-corrected chi connectivity index (χ0v) is 9.92. The zero-order chi connectivity index (χ0) is 11.0. The molecule has 0 aromatic heterocycles. The van der Waals surface area contributed by atoms with Crippen LogP contribution in [0.4, 0.5) is 5.69 Å². The van der Waals surface area contributed by atoms with Gasteiger partial charge in [-0.3, -0.25) is 0 Å². The van der Waals surface area contributed by atoms with Crippen molar-refractivity contribution in [2.75, 3.05) is 0 Å². The number of hydrogen-bond acceptors (Lipinski definition) is 2. The summed E-state index contributed by atoms with van der Waals surface area (Å²) in [6.45, 7) is 0. The van der Waals surface area contributed by atoms with E-state index in [2.05, 4.69) is 16.5 Å². The molecule has 0 radical (unpaired) electrons. The lowest BCUT2D eigenvalue weighted by molar-refractivity contribution is 1.27. The van der Waals surface area contributed by atoms with E-state index in [4.69, 9.17) is 11.6 Å². The molecule has 1 heterocycles. The molecule has 0 spiro atoms. The predicted molar refractivity (Wildman–Crippen MR) is 68.7 cm³/mol. The Morgan fingerprint density at radius 2 is 1.94 bits per heavy atom. The van der Waals surface area contributed by atoms with Crippen LogP contribution in [-0.4, -0.2) is 0 Å². The molecule has 2 aromatic rings. The van der Waals surface area contributed by atoms with Gasteiger partial charge in [0.05, 0.1) is 11.0 Å². The van der Waals surface area contributed by atoms with Crippen LogP contribution in [0.25, 0.3) is 5.41 Å². The molecule has 16 heavy (non-hydrogen) atoms. The van der Waals surface area contributed by atoms with Crippen LogP contribution < -0.4 is 10.6 Å². The van der Waals surface area contributed by atoms with Gasteiger partial charge in [-0.1, -0.05) is 41.6 Å². The van der Waals surface area contributed by atoms with Crippen molar-refractivity contribution < 1.29 is 0 Å². The average molecular weight is 246 g/mol. The molecule has 78 valence electrons. The Labute approximate surface area is 102 Å². The molecule has 0 atom stereocenters. The quantitative estimate of drug-likeness (QED) is 0.695. The third-order valence-corrected chi connectivity index (χ3v) is 3.60. The van der Waals surface area contributed by atoms with E-state index < -0.39 is 0 Å². The second-order valence-electron chi connectivity index (χ2n) is 3.52. The molecule has 0 aliphatic carbocycles. The van der Waals surface area contributed by atoms with Crippen LogP contribution in [0.1, 0.15) is 0 Å². The van der Waals surface area contributed by atoms with Gasteiger partial charge >= 0.3 is 0 Å². The van der Waals surface area contributed by atoms with E-state index in [1.807, 2.05) is 36.4 Å². The molecule has 1 aliphatic heterocycles. The van der Waals surface area contributed by atoms with E-state index in [1.165, 1.54) is 0 Å². The number of nitrogens with zero attached hydrogens (tertiary/aromatic N) is 1. The van der Waals surface area contributed by atoms with Crippen LogP contribution in [0, 0.1) is 0 Å². The molecule has 0 saturated heterocycles. The minimum atomic E-state index is 0.751. The van der Waals surface area contributed by atoms with Crippen LogP contribution in [0.2, 0.25) is 5.02 Å². The standard InChI is InChI=1S/C13H8ClNS/c14-10-5-6-12-13(7-10)16-8-9-3-1-2-4-11(9)15-12/h1-8H. The third kappa shape index (κ3) is 1.75. The molecule has 0 unspecified atom stereocenters. The molecular weight excluding hydrogens is 238 g/mol. The summed E-state index contributed by atoms with van der Waals surface area (Å²) in [6, 6.07) is 13.9. The monoisotopic (exact) mass is 245 g/mol. The number of thioether (sulfide) groups is 1. The van der Waals surface area contributed by atoms with E-state index in [0.29, 0.717) is 0 Å². The van der Waals surface area contributed by atoms with Crippen molar-refractivity contribution in [1.29, 1.82) is 0 Å². The van der Waals surface area contributed by atoms with Gasteiger partial charge in [0.2, 0.25) is 0 Å². The first kappa shape index (κ1) is 9.94. The van der Waals surface area contributed by atoms with E-state index in [9.17, 15) is 0 Å². The molecule has 0 saturated carbocycles. The normalized spacial score (nSPS) is 12.8. The van der Waals surface area contributed by atoms with Gasteiger partial charge in [-0.2, -0.15) is 0 Å². The Morgan fingerprint density at radius 1 is 1.06 bits per heavy atom. The van der Waals surface area contributed by atoms with Crippen molar-refractivity contribution in [3.63, 3.8) is 0 Å². The van der Waals surface area contributed by atoms with Crippen molar-refractivity contribution >= 4 is 34.5 Å². The topological polar surface area (TPSA) is 12.4 Å². The second-order valence-corrected chi connectivity index (χ2v) is 4.87. The average Bonchev–Trinajstić information content (AvgIpc) is 2.48. The maximum atomic E-state index is 5.97. The fourth-order valence-corrected chi connectivity index (χ4v) is 2.74. The lowest BCUT2D eigenvalue weighted by atomic mass is 10.3. The summed E-state index contributed by atoms with van der Waals surface area (Å²) in [5.41, 5.74) is 0.982. The Balaban J connectivity index is 2.32. The van der Waals surface area contributed by atoms with E-state index in [0.717, 1.165) is 26.2 Å². The van der Waals surface area contributed by atoms with Crippen LogP contribution in [-0.2, 0) is 0 Å². The fourth-order valence-electron chi connectivity index (χ4n) is 1.62. The minimum absolute atomic E-state index is 0.751. The molecule has 0 N–H and O–H groups in total. The Morgan fingerprint density at radius 3 is 2.88 bits per heavy atom. The summed E-state index contributed by atoms with van der Waals surface area (Å²) in [7, 11) is 0. The van der Waals surface area contributed by atoms with Crippen molar-refractivity contribution in [1.82, 2.24) is 0 Å². The number of benzene rings is 2. The first-order valence-electron chi connectivity index (χ1n) is 4.93. The summed E-state index contributed by atoms with van der Waals surface area (Å²) >= 11 is 7.64. The van der Waals surface area contributed by atoms with E-state index in [1.54, 1.807) is 11.8 Å². The molecule has 3 heteroatoms. The van der Waals surface area contributed by atoms with Gasteiger partial charge in [0.25, 0.3) is 0 Å². The van der Waals surface area contributed by atoms with Crippen molar-refractivity contribution in [3.8, 4) is 0 Å². The lowest BCUT2D eigenvalue weighted by Gasteiger charge is -2.00. The van der Waals surface area contributed by atoms with Gasteiger partial charge in [-0.25, -0.2) is 4.99 Å². The smallest absolute Gasteiger partial charge is 0.0777 e. The van der Waals surface area contributed by atoms with Gasteiger partial charge in [-0.05, 0) is 29.7 Å². The second kappa shape index (κ2) is 3.96. The predicted octanol–water partition coefficient (Wildman–Crippen LogP) is 3.14. The highest BCUT2D eigenvalue weighted by molar-refractivity contribution is 8.06. The SMILES string of the molecule is Clc1ccc2c(c1)SC=c1ccccc1=N2. The first-order valence-corrected chi connectivity index (χ1v) is 6.19. The maximum absolute atomic E-state index is 5.97. The van der Waals surface area contributed by atoms with Gasteiger partial charge < -0.3 is 0 Å². The Hall–Kier alpha value is -1.25. The van der Waals surface area contributed by atoms with Gasteiger partial charge in [0.15, 0.2) is 0 Å². The highest BCUT2D eigenvalue weighted by atomic mass is 35.5. The van der Waals surface area contributed by atoms with Crippen LogP contribution >= 0.6 is 23.4 Å². The largest absolute Gasteiger partial charge is 0.247 e. The third-order valence-electron chi connectivity index (χ3n) is 2.41. The summed E-state index contributed by atoms with van der Waals surface area (Å²) in [4.78, 5) is 5.73. The van der Waals surface area contributed by atoms with Gasteiger partial charge in [-0.15, -0.1) is 0 Å². The van der Waals surface area contributed by atoms with Gasteiger partial charge in [0, 0.05) is 15.1 Å². The summed E-state index contributed by atoms with van der Waals surface area (Å²) in [6.07, 6.45) is 0. The number of para-hydroxylation sites is 1. The Bertz CT molecular complexity index is 664. The number of rotatable bonds is 0. The molecule has 2 aromatic carbocycles. The zero-order valence-electron chi connectivity index (χ0n) is 8.35. The highest BCUT2D eigenvalue weighted by Crippen LogP contribution is 2.33. The molecule has 1 nitrogen and oxygen atoms in total. The van der Waals surface area contributed by atoms with E-state index in [-0.39, 0.29) is 0 Å². The van der Waals surface area contributed by atoms with E-state index >= 15 is 0 Å².